The van der Waals surface area contributed by atoms with E-state index in [1.807, 2.05) is 36.4 Å². The standard InChI is InChI=1S/C22H18N2O4/c23-13-17-8-4-7-16(11-17)12-20(28-14-15-5-2-1-3-6-15)19-10-9-18(22(26)27)21(25)24-19/h1-11,20H,12,14H2,(H,24,25)(H,26,27). The summed E-state index contributed by atoms with van der Waals surface area (Å²) >= 11 is 0. The van der Waals surface area contributed by atoms with Gasteiger partial charge in [0, 0.05) is 12.1 Å². The second kappa shape index (κ2) is 8.80. The number of pyridine rings is 1. The minimum absolute atomic E-state index is 0.322. The van der Waals surface area contributed by atoms with Crippen molar-refractivity contribution in [2.45, 2.75) is 19.1 Å². The van der Waals surface area contributed by atoms with Gasteiger partial charge in [-0.2, -0.15) is 5.26 Å². The maximum absolute atomic E-state index is 12.1. The Morgan fingerprint density at radius 3 is 2.50 bits per heavy atom. The molecule has 0 bridgehead atoms. The summed E-state index contributed by atoms with van der Waals surface area (Å²) in [5, 5.41) is 18.2. The van der Waals surface area contributed by atoms with Crippen molar-refractivity contribution in [1.29, 1.82) is 5.26 Å². The van der Waals surface area contributed by atoms with Crippen LogP contribution < -0.4 is 5.56 Å². The molecule has 2 aromatic carbocycles. The number of nitriles is 1. The van der Waals surface area contributed by atoms with Crippen LogP contribution in [0.3, 0.4) is 0 Å². The number of nitrogens with one attached hydrogen (secondary N) is 1. The molecule has 1 aromatic heterocycles. The van der Waals surface area contributed by atoms with Gasteiger partial charge in [-0.1, -0.05) is 42.5 Å². The zero-order valence-corrected chi connectivity index (χ0v) is 15.0. The summed E-state index contributed by atoms with van der Waals surface area (Å²) in [7, 11) is 0. The normalized spacial score (nSPS) is 11.5. The van der Waals surface area contributed by atoms with Crippen molar-refractivity contribution in [2.24, 2.45) is 0 Å². The van der Waals surface area contributed by atoms with E-state index in [4.69, 9.17) is 15.1 Å². The van der Waals surface area contributed by atoms with Crippen LogP contribution in [0.4, 0.5) is 0 Å². The molecule has 0 saturated carbocycles. The first-order valence-electron chi connectivity index (χ1n) is 8.68. The topological polar surface area (TPSA) is 103 Å². The first-order valence-corrected chi connectivity index (χ1v) is 8.68. The minimum atomic E-state index is -1.28. The lowest BCUT2D eigenvalue weighted by atomic mass is 10.0. The molecule has 2 N–H and O–H groups in total. The highest BCUT2D eigenvalue weighted by atomic mass is 16.5. The van der Waals surface area contributed by atoms with Gasteiger partial charge in [0.2, 0.25) is 0 Å². The van der Waals surface area contributed by atoms with Crippen molar-refractivity contribution in [3.63, 3.8) is 0 Å². The van der Waals surface area contributed by atoms with Crippen molar-refractivity contribution in [3.05, 3.63) is 105 Å². The highest BCUT2D eigenvalue weighted by molar-refractivity contribution is 5.87. The third-order valence-electron chi connectivity index (χ3n) is 4.28. The first kappa shape index (κ1) is 19.1. The molecule has 0 radical (unpaired) electrons. The fourth-order valence-corrected chi connectivity index (χ4v) is 2.86. The Bertz CT molecular complexity index is 1070. The van der Waals surface area contributed by atoms with Gasteiger partial charge in [-0.05, 0) is 35.4 Å². The SMILES string of the molecule is N#Cc1cccc(CC(OCc2ccccc2)c2ccc(C(=O)O)c(=O)[nH]2)c1. The molecule has 0 aliphatic rings. The lowest BCUT2D eigenvalue weighted by Gasteiger charge is -2.19. The molecule has 0 spiro atoms. The average molecular weight is 374 g/mol. The molecule has 0 aliphatic carbocycles. The van der Waals surface area contributed by atoms with Crippen LogP contribution >= 0.6 is 0 Å². The molecule has 140 valence electrons. The number of ether oxygens (including phenoxy) is 1. The van der Waals surface area contributed by atoms with Crippen molar-refractivity contribution in [2.75, 3.05) is 0 Å². The van der Waals surface area contributed by atoms with E-state index in [1.54, 1.807) is 24.3 Å². The second-order valence-corrected chi connectivity index (χ2v) is 6.26. The number of carboxylic acids is 1. The largest absolute Gasteiger partial charge is 0.477 e. The summed E-state index contributed by atoms with van der Waals surface area (Å²) in [5.41, 5.74) is 1.87. The van der Waals surface area contributed by atoms with Crippen molar-refractivity contribution < 1.29 is 14.6 Å². The Morgan fingerprint density at radius 2 is 1.82 bits per heavy atom. The molecule has 0 saturated heterocycles. The fourth-order valence-electron chi connectivity index (χ4n) is 2.86. The Hall–Kier alpha value is -3.69. The predicted octanol–water partition coefficient (Wildman–Crippen LogP) is 3.45. The molecule has 3 aromatic rings. The van der Waals surface area contributed by atoms with Gasteiger partial charge < -0.3 is 14.8 Å². The molecule has 3 rings (SSSR count). The number of hydrogen-bond donors (Lipinski definition) is 2. The maximum atomic E-state index is 12.1. The van der Waals surface area contributed by atoms with E-state index in [0.29, 0.717) is 24.3 Å². The Labute approximate surface area is 161 Å². The van der Waals surface area contributed by atoms with E-state index < -0.39 is 17.6 Å². The molecule has 6 nitrogen and oxygen atoms in total. The zero-order chi connectivity index (χ0) is 19.9. The van der Waals surface area contributed by atoms with Crippen LogP contribution in [0.5, 0.6) is 0 Å². The number of H-pyrrole nitrogens is 1. The lowest BCUT2D eigenvalue weighted by Crippen LogP contribution is -2.21. The number of aromatic amines is 1. The van der Waals surface area contributed by atoms with Gasteiger partial charge >= 0.3 is 5.97 Å². The smallest absolute Gasteiger partial charge is 0.341 e. The quantitative estimate of drug-likeness (QED) is 0.659. The zero-order valence-electron chi connectivity index (χ0n) is 15.0. The van der Waals surface area contributed by atoms with Gasteiger partial charge in [-0.25, -0.2) is 4.79 Å². The summed E-state index contributed by atoms with van der Waals surface area (Å²) in [4.78, 5) is 25.8. The van der Waals surface area contributed by atoms with E-state index in [0.717, 1.165) is 11.1 Å². The number of benzene rings is 2. The molecule has 0 fully saturated rings. The van der Waals surface area contributed by atoms with Gasteiger partial charge in [0.15, 0.2) is 0 Å². The van der Waals surface area contributed by atoms with Gasteiger partial charge in [0.25, 0.3) is 5.56 Å². The van der Waals surface area contributed by atoms with Crippen LogP contribution in [0, 0.1) is 11.3 Å². The third kappa shape index (κ3) is 4.72. The summed E-state index contributed by atoms with van der Waals surface area (Å²) in [6.45, 7) is 0.326. The number of carboxylic acid groups (broad SMARTS) is 1. The van der Waals surface area contributed by atoms with Crippen LogP contribution in [0.1, 0.15) is 38.8 Å². The Kier molecular flexibility index (Phi) is 6.00. The molecule has 0 amide bonds. The molecule has 0 aliphatic heterocycles. The van der Waals surface area contributed by atoms with E-state index in [1.165, 1.54) is 6.07 Å². The number of aromatic nitrogens is 1. The van der Waals surface area contributed by atoms with Crippen molar-refractivity contribution in [3.8, 4) is 6.07 Å². The summed E-state index contributed by atoms with van der Waals surface area (Å²) in [6.07, 6.45) is -0.0882. The van der Waals surface area contributed by atoms with E-state index in [2.05, 4.69) is 11.1 Å². The molecule has 1 unspecified atom stereocenters. The highest BCUT2D eigenvalue weighted by Crippen LogP contribution is 2.22. The summed E-state index contributed by atoms with van der Waals surface area (Å²) in [5.74, 6) is -1.28. The van der Waals surface area contributed by atoms with Crippen LogP contribution in [0.15, 0.2) is 71.5 Å². The van der Waals surface area contributed by atoms with Gasteiger partial charge in [0.05, 0.1) is 18.2 Å². The number of carbonyl (C=O) groups is 1. The second-order valence-electron chi connectivity index (χ2n) is 6.26. The third-order valence-corrected chi connectivity index (χ3v) is 4.28. The number of rotatable bonds is 7. The van der Waals surface area contributed by atoms with Crippen LogP contribution in [-0.4, -0.2) is 16.1 Å². The molecule has 1 atom stereocenters. The van der Waals surface area contributed by atoms with E-state index in [9.17, 15) is 9.59 Å². The van der Waals surface area contributed by atoms with Gasteiger partial charge in [0.1, 0.15) is 11.7 Å². The van der Waals surface area contributed by atoms with Gasteiger partial charge in [-0.15, -0.1) is 0 Å². The molecule has 28 heavy (non-hydrogen) atoms. The summed E-state index contributed by atoms with van der Waals surface area (Å²) < 4.78 is 6.05. The molecular formula is C22H18N2O4. The average Bonchev–Trinajstić information content (AvgIpc) is 2.71. The van der Waals surface area contributed by atoms with Crippen LogP contribution in [0.2, 0.25) is 0 Å². The van der Waals surface area contributed by atoms with Crippen molar-refractivity contribution >= 4 is 5.97 Å². The monoisotopic (exact) mass is 374 g/mol. The fraction of sp³-hybridized carbons (Fsp3) is 0.136. The van der Waals surface area contributed by atoms with E-state index in [-0.39, 0.29) is 5.56 Å². The van der Waals surface area contributed by atoms with E-state index >= 15 is 0 Å². The number of nitrogens with zero attached hydrogens (tertiary/aromatic N) is 1. The summed E-state index contributed by atoms with van der Waals surface area (Å²) in [6, 6.07) is 21.7. The molecular weight excluding hydrogens is 356 g/mol. The minimum Gasteiger partial charge on any atom is -0.477 e. The molecule has 1 heterocycles. The maximum Gasteiger partial charge on any atom is 0.341 e. The molecule has 6 heteroatoms. The lowest BCUT2D eigenvalue weighted by molar-refractivity contribution is 0.0369. The van der Waals surface area contributed by atoms with Crippen LogP contribution in [-0.2, 0) is 17.8 Å². The van der Waals surface area contributed by atoms with Gasteiger partial charge in [-0.3, -0.25) is 4.79 Å². The number of hydrogen-bond acceptors (Lipinski definition) is 4. The highest BCUT2D eigenvalue weighted by Gasteiger charge is 2.17. The number of aromatic carboxylic acids is 1. The Balaban J connectivity index is 1.89. The Morgan fingerprint density at radius 1 is 1.07 bits per heavy atom. The predicted molar refractivity (Wildman–Crippen MR) is 103 cm³/mol. The van der Waals surface area contributed by atoms with Crippen molar-refractivity contribution in [1.82, 2.24) is 4.98 Å². The first-order chi connectivity index (χ1) is 13.6. The van der Waals surface area contributed by atoms with Crippen LogP contribution in [0.25, 0.3) is 0 Å².